The molecule has 0 fully saturated rings. The lowest BCUT2D eigenvalue weighted by atomic mass is 10.0. The predicted molar refractivity (Wildman–Crippen MR) is 158 cm³/mol. The average Bonchev–Trinajstić information content (AvgIpc) is 2.86. The van der Waals surface area contributed by atoms with Crippen LogP contribution in [0.25, 0.3) is 11.1 Å². The molecular formula is C29H42F3IO4S. The van der Waals surface area contributed by atoms with Crippen LogP contribution < -0.4 is 4.74 Å². The van der Waals surface area contributed by atoms with Gasteiger partial charge in [-0.15, -0.1) is 0 Å². The molecule has 216 valence electrons. The van der Waals surface area contributed by atoms with Crippen LogP contribution in [-0.2, 0) is 10.1 Å². The molecule has 0 aromatic heterocycles. The minimum atomic E-state index is -5.84. The smallest absolute Gasteiger partial charge is 0.494 e. The van der Waals surface area contributed by atoms with Crippen molar-refractivity contribution in [2.75, 3.05) is 6.61 Å². The summed E-state index contributed by atoms with van der Waals surface area (Å²) < 4.78 is 64.8. The number of alkyl halides is 3. The Balaban J connectivity index is 0.000000781. The Bertz CT molecular complexity index is 980. The molecule has 0 saturated carbocycles. The van der Waals surface area contributed by atoms with E-state index in [1.165, 1.54) is 98.2 Å². The summed E-state index contributed by atoms with van der Waals surface area (Å²) in [6.07, 6.45) is 19.5. The first kappa shape index (κ1) is 34.7. The summed E-state index contributed by atoms with van der Waals surface area (Å²) in [6, 6.07) is 17.0. The lowest BCUT2D eigenvalue weighted by molar-refractivity contribution is -0.0510. The van der Waals surface area contributed by atoms with E-state index in [1.807, 2.05) is 0 Å². The average molecular weight is 671 g/mol. The van der Waals surface area contributed by atoms with Crippen molar-refractivity contribution in [1.82, 2.24) is 0 Å². The second-order valence-corrected chi connectivity index (χ2v) is 11.9. The summed E-state index contributed by atoms with van der Waals surface area (Å²) in [5.74, 6) is 0.986. The van der Waals surface area contributed by atoms with Crippen LogP contribution in [0.2, 0.25) is 0 Å². The van der Waals surface area contributed by atoms with E-state index in [-0.39, 0.29) is 0 Å². The van der Waals surface area contributed by atoms with Crippen molar-refractivity contribution in [1.29, 1.82) is 0 Å². The van der Waals surface area contributed by atoms with E-state index in [0.717, 1.165) is 18.8 Å². The first-order valence-electron chi connectivity index (χ1n) is 13.6. The van der Waals surface area contributed by atoms with E-state index in [0.29, 0.717) is 0 Å². The SMILES string of the molecule is CCCCCCCCCCCCCCCCOc1ccc(-c2ccccc2I)cc1.O=S(=O)(O)C(F)(F)F. The molecule has 0 aliphatic heterocycles. The van der Waals surface area contributed by atoms with Crippen molar-refractivity contribution >= 4 is 32.7 Å². The number of hydrogen-bond donors (Lipinski definition) is 1. The van der Waals surface area contributed by atoms with Gasteiger partial charge in [0.25, 0.3) is 0 Å². The highest BCUT2D eigenvalue weighted by Gasteiger charge is 2.44. The van der Waals surface area contributed by atoms with E-state index in [2.05, 4.69) is 78.0 Å². The third kappa shape index (κ3) is 15.9. The highest BCUT2D eigenvalue weighted by atomic mass is 127. The molecule has 0 aliphatic rings. The van der Waals surface area contributed by atoms with Gasteiger partial charge in [0.05, 0.1) is 6.61 Å². The number of hydrogen-bond acceptors (Lipinski definition) is 3. The Hall–Kier alpha value is -1.33. The fraction of sp³-hybridized carbons (Fsp3) is 0.586. The maximum absolute atomic E-state index is 10.7. The molecule has 2 aromatic carbocycles. The minimum Gasteiger partial charge on any atom is -0.494 e. The molecule has 0 unspecified atom stereocenters. The summed E-state index contributed by atoms with van der Waals surface area (Å²) in [4.78, 5) is 0. The summed E-state index contributed by atoms with van der Waals surface area (Å²) in [5.41, 5.74) is -2.99. The third-order valence-corrected chi connectivity index (χ3v) is 7.62. The van der Waals surface area contributed by atoms with Crippen LogP contribution in [0.1, 0.15) is 96.8 Å². The van der Waals surface area contributed by atoms with Crippen molar-refractivity contribution in [2.24, 2.45) is 0 Å². The van der Waals surface area contributed by atoms with Crippen molar-refractivity contribution in [2.45, 2.75) is 102 Å². The maximum Gasteiger partial charge on any atom is 0.522 e. The van der Waals surface area contributed by atoms with Crippen LogP contribution in [0.3, 0.4) is 0 Å². The first-order valence-corrected chi connectivity index (χ1v) is 16.1. The van der Waals surface area contributed by atoms with Crippen molar-refractivity contribution < 1.29 is 30.9 Å². The van der Waals surface area contributed by atoms with Crippen LogP contribution in [0.5, 0.6) is 5.75 Å². The highest BCUT2D eigenvalue weighted by molar-refractivity contribution is 14.1. The van der Waals surface area contributed by atoms with Gasteiger partial charge in [-0.2, -0.15) is 21.6 Å². The fourth-order valence-electron chi connectivity index (χ4n) is 3.91. The van der Waals surface area contributed by atoms with Gasteiger partial charge in [0, 0.05) is 3.57 Å². The molecule has 0 aliphatic carbocycles. The zero-order valence-electron chi connectivity index (χ0n) is 22.3. The lowest BCUT2D eigenvalue weighted by Crippen LogP contribution is -2.21. The van der Waals surface area contributed by atoms with Gasteiger partial charge in [0.15, 0.2) is 0 Å². The molecular weight excluding hydrogens is 628 g/mol. The van der Waals surface area contributed by atoms with Gasteiger partial charge in [-0.1, -0.05) is 121 Å². The lowest BCUT2D eigenvalue weighted by Gasteiger charge is -2.08. The summed E-state index contributed by atoms with van der Waals surface area (Å²) in [6.45, 7) is 3.12. The summed E-state index contributed by atoms with van der Waals surface area (Å²) >= 11 is 2.40. The predicted octanol–water partition coefficient (Wildman–Crippen LogP) is 10.2. The Morgan fingerprint density at radius 3 is 1.58 bits per heavy atom. The first-order chi connectivity index (χ1) is 18.1. The quantitative estimate of drug-likeness (QED) is 0.0788. The standard InChI is InChI=1S/C28H41IO.CHF3O3S/c1-2-3-4-5-6-7-8-9-10-11-12-13-14-17-24-30-26-22-20-25(21-23-26)27-18-15-16-19-28(27)29;2-1(3,4)8(5,6)7/h15-16,18-23H,2-14,17,24H2,1H3;(H,5,6,7). The van der Waals surface area contributed by atoms with Crippen LogP contribution in [-0.4, -0.2) is 25.1 Å². The zero-order valence-corrected chi connectivity index (χ0v) is 25.3. The van der Waals surface area contributed by atoms with E-state index < -0.39 is 15.6 Å². The second-order valence-electron chi connectivity index (χ2n) is 9.37. The molecule has 0 radical (unpaired) electrons. The fourth-order valence-corrected chi connectivity index (χ4v) is 4.61. The van der Waals surface area contributed by atoms with Crippen molar-refractivity contribution in [3.63, 3.8) is 0 Å². The van der Waals surface area contributed by atoms with Gasteiger partial charge in [0.2, 0.25) is 0 Å². The Morgan fingerprint density at radius 2 is 1.16 bits per heavy atom. The van der Waals surface area contributed by atoms with Gasteiger partial charge in [-0.3, -0.25) is 4.55 Å². The molecule has 0 heterocycles. The van der Waals surface area contributed by atoms with Gasteiger partial charge < -0.3 is 4.74 Å². The largest absolute Gasteiger partial charge is 0.522 e. The van der Waals surface area contributed by atoms with Crippen LogP contribution >= 0.6 is 22.6 Å². The van der Waals surface area contributed by atoms with Gasteiger partial charge >= 0.3 is 15.6 Å². The highest BCUT2D eigenvalue weighted by Crippen LogP contribution is 2.27. The van der Waals surface area contributed by atoms with Crippen LogP contribution in [0.4, 0.5) is 13.2 Å². The summed E-state index contributed by atoms with van der Waals surface area (Å²) in [7, 11) is -5.84. The molecule has 2 rings (SSSR count). The Labute approximate surface area is 240 Å². The Morgan fingerprint density at radius 1 is 0.737 bits per heavy atom. The number of unbranched alkanes of at least 4 members (excludes halogenated alkanes) is 13. The number of halogens is 4. The van der Waals surface area contributed by atoms with Crippen LogP contribution in [0, 0.1) is 3.57 Å². The second kappa shape index (κ2) is 19.7. The topological polar surface area (TPSA) is 63.6 Å². The third-order valence-electron chi connectivity index (χ3n) is 6.10. The molecule has 0 bridgehead atoms. The number of rotatable bonds is 17. The molecule has 0 amide bonds. The van der Waals surface area contributed by atoms with Crippen molar-refractivity contribution in [3.8, 4) is 16.9 Å². The molecule has 0 spiro atoms. The molecule has 38 heavy (non-hydrogen) atoms. The van der Waals surface area contributed by atoms with E-state index in [1.54, 1.807) is 0 Å². The number of benzene rings is 2. The van der Waals surface area contributed by atoms with Gasteiger partial charge in [0.1, 0.15) is 5.75 Å². The molecule has 1 N–H and O–H groups in total. The van der Waals surface area contributed by atoms with E-state index in [4.69, 9.17) is 17.7 Å². The zero-order chi connectivity index (χ0) is 28.3. The molecule has 4 nitrogen and oxygen atoms in total. The molecule has 0 saturated heterocycles. The van der Waals surface area contributed by atoms with E-state index >= 15 is 0 Å². The monoisotopic (exact) mass is 670 g/mol. The number of ether oxygens (including phenoxy) is 1. The normalized spacial score (nSPS) is 11.6. The molecule has 9 heteroatoms. The Kier molecular flexibility index (Phi) is 18.0. The van der Waals surface area contributed by atoms with E-state index in [9.17, 15) is 13.2 Å². The van der Waals surface area contributed by atoms with Gasteiger partial charge in [-0.25, -0.2) is 0 Å². The van der Waals surface area contributed by atoms with Crippen LogP contribution in [0.15, 0.2) is 48.5 Å². The minimum absolute atomic E-state index is 0.834. The van der Waals surface area contributed by atoms with Gasteiger partial charge in [-0.05, 0) is 58.3 Å². The maximum atomic E-state index is 10.7. The summed E-state index contributed by atoms with van der Waals surface area (Å²) in [5, 5.41) is 0. The molecule has 0 atom stereocenters. The molecule has 2 aromatic rings. The van der Waals surface area contributed by atoms with Crippen molar-refractivity contribution in [3.05, 3.63) is 52.1 Å².